The number of hydrogen-bond acceptors (Lipinski definition) is 4. The first kappa shape index (κ1) is 23.1. The van der Waals surface area contributed by atoms with Crippen molar-refractivity contribution in [1.82, 2.24) is 4.98 Å². The van der Waals surface area contributed by atoms with Gasteiger partial charge < -0.3 is 9.84 Å². The summed E-state index contributed by atoms with van der Waals surface area (Å²) in [5, 5.41) is 10.6. The van der Waals surface area contributed by atoms with E-state index in [-0.39, 0.29) is 18.2 Å². The molecule has 0 aliphatic heterocycles. The molecule has 8 heteroatoms. The van der Waals surface area contributed by atoms with Crippen molar-refractivity contribution in [2.24, 2.45) is 0 Å². The molecule has 160 valence electrons. The number of aliphatic carboxylic acids is 1. The molecule has 1 aromatic heterocycles. The third-order valence-electron chi connectivity index (χ3n) is 4.16. The van der Waals surface area contributed by atoms with E-state index in [0.29, 0.717) is 27.9 Å². The van der Waals surface area contributed by atoms with Gasteiger partial charge in [-0.25, -0.2) is 9.18 Å². The predicted molar refractivity (Wildman–Crippen MR) is 122 cm³/mol. The summed E-state index contributed by atoms with van der Waals surface area (Å²) < 4.78 is 18.4. The summed E-state index contributed by atoms with van der Waals surface area (Å²) in [6.45, 7) is 0.143. The summed E-state index contributed by atoms with van der Waals surface area (Å²) in [6.07, 6.45) is 1.83. The maximum absolute atomic E-state index is 13.0. The Morgan fingerprint density at radius 3 is 2.42 bits per heavy atom. The molecule has 0 amide bonds. The van der Waals surface area contributed by atoms with E-state index in [4.69, 9.17) is 27.9 Å². The van der Waals surface area contributed by atoms with E-state index in [1.54, 1.807) is 42.5 Å². The first-order chi connectivity index (χ1) is 14.9. The molecule has 0 fully saturated rings. The van der Waals surface area contributed by atoms with E-state index in [9.17, 15) is 14.3 Å². The van der Waals surface area contributed by atoms with Gasteiger partial charge in [-0.15, -0.1) is 11.8 Å². The average Bonchev–Trinajstić information content (AvgIpc) is 2.74. The molecular weight excluding hydrogens is 460 g/mol. The molecular formula is C23H18Cl2FNO3S. The number of halogens is 3. The minimum Gasteiger partial charge on any atom is -0.486 e. The maximum atomic E-state index is 13.0. The Morgan fingerprint density at radius 2 is 1.74 bits per heavy atom. The Hall–Kier alpha value is -2.54. The lowest BCUT2D eigenvalue weighted by molar-refractivity contribution is -0.136. The molecule has 0 aliphatic carbocycles. The number of ether oxygens (including phenoxy) is 1. The minimum atomic E-state index is -1.19. The lowest BCUT2D eigenvalue weighted by Gasteiger charge is -2.08. The molecule has 0 spiro atoms. The first-order valence-electron chi connectivity index (χ1n) is 9.27. The highest BCUT2D eigenvalue weighted by atomic mass is 35.5. The number of rotatable bonds is 9. The third kappa shape index (κ3) is 6.99. The highest BCUT2D eigenvalue weighted by Gasteiger charge is 2.11. The van der Waals surface area contributed by atoms with Gasteiger partial charge >= 0.3 is 5.97 Å². The van der Waals surface area contributed by atoms with Crippen LogP contribution in [0.1, 0.15) is 17.0 Å². The smallest absolute Gasteiger partial charge is 0.371 e. The van der Waals surface area contributed by atoms with Crippen LogP contribution in [0.5, 0.6) is 0 Å². The number of nitrogens with zero attached hydrogens (tertiary/aromatic N) is 1. The van der Waals surface area contributed by atoms with Crippen molar-refractivity contribution in [3.8, 4) is 0 Å². The highest BCUT2D eigenvalue weighted by Crippen LogP contribution is 2.35. The summed E-state index contributed by atoms with van der Waals surface area (Å²) in [7, 11) is 0. The van der Waals surface area contributed by atoms with Gasteiger partial charge in [0.2, 0.25) is 5.76 Å². The molecule has 0 unspecified atom stereocenters. The van der Waals surface area contributed by atoms with Crippen molar-refractivity contribution >= 4 is 47.0 Å². The Kier molecular flexibility index (Phi) is 8.35. The molecule has 4 nitrogen and oxygen atoms in total. The maximum Gasteiger partial charge on any atom is 0.371 e. The van der Waals surface area contributed by atoms with Crippen LogP contribution in [0.2, 0.25) is 10.0 Å². The van der Waals surface area contributed by atoms with E-state index < -0.39 is 5.97 Å². The van der Waals surface area contributed by atoms with Crippen molar-refractivity contribution in [3.05, 3.63) is 99.2 Å². The summed E-state index contributed by atoms with van der Waals surface area (Å²) in [5.74, 6) is -1.22. The van der Waals surface area contributed by atoms with Gasteiger partial charge in [0.15, 0.2) is 0 Å². The fraction of sp³-hybridized carbons (Fsp3) is 0.130. The normalized spacial score (nSPS) is 11.4. The summed E-state index contributed by atoms with van der Waals surface area (Å²) in [5.41, 5.74) is 2.05. The fourth-order valence-electron chi connectivity index (χ4n) is 2.65. The summed E-state index contributed by atoms with van der Waals surface area (Å²) in [6, 6.07) is 16.6. The van der Waals surface area contributed by atoms with Crippen LogP contribution in [-0.2, 0) is 21.7 Å². The number of aromatic nitrogens is 1. The van der Waals surface area contributed by atoms with Gasteiger partial charge in [-0.1, -0.05) is 47.5 Å². The monoisotopic (exact) mass is 477 g/mol. The van der Waals surface area contributed by atoms with Gasteiger partial charge in [-0.2, -0.15) is 0 Å². The number of carboxylic acids is 1. The SMILES string of the molecule is O=C(O)/C(=C\c1cccc(CSc2c(Cl)cccc2Cl)n1)OCCc1ccc(F)cc1. The van der Waals surface area contributed by atoms with E-state index in [1.165, 1.54) is 30.0 Å². The number of benzene rings is 2. The second-order valence-corrected chi connectivity index (χ2v) is 8.23. The number of carbonyl (C=O) groups is 1. The van der Waals surface area contributed by atoms with Crippen LogP contribution in [0.25, 0.3) is 6.08 Å². The lowest BCUT2D eigenvalue weighted by Crippen LogP contribution is -2.08. The van der Waals surface area contributed by atoms with Crippen LogP contribution in [0.4, 0.5) is 4.39 Å². The molecule has 0 saturated carbocycles. The zero-order valence-corrected chi connectivity index (χ0v) is 18.6. The van der Waals surface area contributed by atoms with Gasteiger partial charge in [0.1, 0.15) is 5.82 Å². The van der Waals surface area contributed by atoms with Crippen molar-refractivity contribution in [2.75, 3.05) is 6.61 Å². The van der Waals surface area contributed by atoms with Crippen molar-refractivity contribution in [3.63, 3.8) is 0 Å². The molecule has 0 bridgehead atoms. The van der Waals surface area contributed by atoms with E-state index >= 15 is 0 Å². The third-order valence-corrected chi connectivity index (χ3v) is 6.19. The van der Waals surface area contributed by atoms with Gasteiger partial charge in [0.05, 0.1) is 28.0 Å². The molecule has 1 heterocycles. The van der Waals surface area contributed by atoms with E-state index in [2.05, 4.69) is 4.98 Å². The molecule has 3 aromatic rings. The summed E-state index contributed by atoms with van der Waals surface area (Å²) in [4.78, 5) is 16.8. The van der Waals surface area contributed by atoms with Crippen LogP contribution in [0.3, 0.4) is 0 Å². The Bertz CT molecular complexity index is 1070. The van der Waals surface area contributed by atoms with Gasteiger partial charge in [-0.05, 0) is 42.0 Å². The number of thioether (sulfide) groups is 1. The minimum absolute atomic E-state index is 0.143. The number of pyridine rings is 1. The molecule has 0 atom stereocenters. The molecule has 1 N–H and O–H groups in total. The fourth-order valence-corrected chi connectivity index (χ4v) is 4.24. The topological polar surface area (TPSA) is 59.4 Å². The Balaban J connectivity index is 1.65. The number of carboxylic acid groups (broad SMARTS) is 1. The van der Waals surface area contributed by atoms with E-state index in [0.717, 1.165) is 16.2 Å². The second kappa shape index (κ2) is 11.2. The van der Waals surface area contributed by atoms with Crippen molar-refractivity contribution < 1.29 is 19.0 Å². The van der Waals surface area contributed by atoms with Crippen LogP contribution in [0, 0.1) is 5.82 Å². The lowest BCUT2D eigenvalue weighted by atomic mass is 10.2. The van der Waals surface area contributed by atoms with Crippen LogP contribution >= 0.6 is 35.0 Å². The zero-order valence-electron chi connectivity index (χ0n) is 16.2. The Labute approximate surface area is 193 Å². The van der Waals surface area contributed by atoms with Gasteiger partial charge in [0.25, 0.3) is 0 Å². The standard InChI is InChI=1S/C23H18Cl2FNO3S/c24-19-5-2-6-20(25)22(19)31-14-18-4-1-3-17(27-18)13-21(23(28)29)30-12-11-15-7-9-16(26)10-8-15/h1-10,13H,11-12,14H2,(H,28,29)/b21-13+. The molecule has 31 heavy (non-hydrogen) atoms. The van der Waals surface area contributed by atoms with Crippen LogP contribution in [-0.4, -0.2) is 22.7 Å². The van der Waals surface area contributed by atoms with E-state index in [1.807, 2.05) is 6.07 Å². The quantitative estimate of drug-likeness (QED) is 0.216. The van der Waals surface area contributed by atoms with Gasteiger partial charge in [-0.3, -0.25) is 4.98 Å². The molecule has 2 aromatic carbocycles. The van der Waals surface area contributed by atoms with Crippen molar-refractivity contribution in [1.29, 1.82) is 0 Å². The first-order valence-corrected chi connectivity index (χ1v) is 11.0. The van der Waals surface area contributed by atoms with Crippen LogP contribution in [0.15, 0.2) is 71.3 Å². The zero-order chi connectivity index (χ0) is 22.2. The number of hydrogen-bond donors (Lipinski definition) is 1. The molecule has 0 radical (unpaired) electrons. The summed E-state index contributed by atoms with van der Waals surface area (Å²) >= 11 is 13.8. The van der Waals surface area contributed by atoms with Crippen molar-refractivity contribution in [2.45, 2.75) is 17.1 Å². The average molecular weight is 478 g/mol. The predicted octanol–water partition coefficient (Wildman–Crippen LogP) is 6.50. The Morgan fingerprint density at radius 1 is 1.06 bits per heavy atom. The molecule has 0 saturated heterocycles. The van der Waals surface area contributed by atoms with Crippen LogP contribution < -0.4 is 0 Å². The van der Waals surface area contributed by atoms with Gasteiger partial charge in [0, 0.05) is 23.1 Å². The molecule has 0 aliphatic rings. The largest absolute Gasteiger partial charge is 0.486 e. The second-order valence-electron chi connectivity index (χ2n) is 6.43. The highest BCUT2D eigenvalue weighted by molar-refractivity contribution is 7.98. The molecule has 3 rings (SSSR count).